The number of anilines is 1. The normalized spacial score (nSPS) is 23.7. The first-order valence-corrected chi connectivity index (χ1v) is 9.14. The van der Waals surface area contributed by atoms with Crippen molar-refractivity contribution in [1.29, 1.82) is 0 Å². The van der Waals surface area contributed by atoms with Crippen LogP contribution in [0.1, 0.15) is 33.1 Å². The van der Waals surface area contributed by atoms with Gasteiger partial charge in [-0.05, 0) is 30.4 Å². The molecule has 3 aromatic rings. The number of hydrogen-bond donors (Lipinski definition) is 1. The minimum absolute atomic E-state index is 0.398. The van der Waals surface area contributed by atoms with Crippen molar-refractivity contribution in [3.8, 4) is 11.3 Å². The summed E-state index contributed by atoms with van der Waals surface area (Å²) in [6.45, 7) is 4.64. The largest absolute Gasteiger partial charge is 0.366 e. The lowest BCUT2D eigenvalue weighted by atomic mass is 9.78. The van der Waals surface area contributed by atoms with Crippen molar-refractivity contribution in [2.24, 2.45) is 11.8 Å². The zero-order valence-corrected chi connectivity index (χ0v) is 15.1. The fraction of sp³-hybridized carbons (Fsp3) is 0.421. The van der Waals surface area contributed by atoms with Crippen LogP contribution in [0.2, 0.25) is 5.02 Å². The fourth-order valence-electron chi connectivity index (χ4n) is 3.66. The predicted molar refractivity (Wildman–Crippen MR) is 99.6 cm³/mol. The molecule has 0 amide bonds. The third kappa shape index (κ3) is 3.09. The molecule has 130 valence electrons. The number of benzene rings is 1. The van der Waals surface area contributed by atoms with Gasteiger partial charge in [-0.25, -0.2) is 4.98 Å². The highest BCUT2D eigenvalue weighted by Gasteiger charge is 2.28. The van der Waals surface area contributed by atoms with Gasteiger partial charge in [0.15, 0.2) is 0 Å². The number of hydrogen-bond acceptors (Lipinski definition) is 5. The third-order valence-electron chi connectivity index (χ3n) is 5.42. The van der Waals surface area contributed by atoms with E-state index in [4.69, 9.17) is 16.1 Å². The molecule has 0 saturated heterocycles. The van der Waals surface area contributed by atoms with E-state index >= 15 is 0 Å². The Labute approximate surface area is 151 Å². The van der Waals surface area contributed by atoms with Crippen LogP contribution in [-0.4, -0.2) is 21.2 Å². The number of rotatable bonds is 3. The number of fused-ring (bicyclic) bond motifs is 1. The Balaban J connectivity index is 1.74. The van der Waals surface area contributed by atoms with Gasteiger partial charge in [-0.2, -0.15) is 4.98 Å². The maximum atomic E-state index is 6.00. The molecule has 1 aliphatic carbocycles. The van der Waals surface area contributed by atoms with E-state index in [0.29, 0.717) is 28.6 Å². The molecule has 25 heavy (non-hydrogen) atoms. The van der Waals surface area contributed by atoms with E-state index in [1.807, 2.05) is 24.3 Å². The van der Waals surface area contributed by atoms with Crippen molar-refractivity contribution in [3.05, 3.63) is 35.6 Å². The van der Waals surface area contributed by atoms with E-state index in [0.717, 1.165) is 28.9 Å². The number of aromatic nitrogens is 3. The lowest BCUT2D eigenvalue weighted by molar-refractivity contribution is 0.253. The van der Waals surface area contributed by atoms with Gasteiger partial charge in [-0.1, -0.05) is 55.6 Å². The molecule has 0 spiro atoms. The van der Waals surface area contributed by atoms with Crippen LogP contribution in [0.5, 0.6) is 0 Å². The second-order valence-corrected chi connectivity index (χ2v) is 7.40. The average Bonchev–Trinajstić information content (AvgIpc) is 3.05. The summed E-state index contributed by atoms with van der Waals surface area (Å²) in [6, 6.07) is 7.96. The Morgan fingerprint density at radius 2 is 1.92 bits per heavy atom. The average molecular weight is 357 g/mol. The molecule has 0 radical (unpaired) electrons. The van der Waals surface area contributed by atoms with Gasteiger partial charge in [-0.15, -0.1) is 0 Å². The molecule has 2 heterocycles. The molecule has 0 bridgehead atoms. The highest BCUT2D eigenvalue weighted by molar-refractivity contribution is 6.30. The van der Waals surface area contributed by atoms with Crippen LogP contribution in [0.25, 0.3) is 22.4 Å². The fourth-order valence-corrected chi connectivity index (χ4v) is 3.79. The Morgan fingerprint density at radius 3 is 2.72 bits per heavy atom. The molecule has 5 nitrogen and oxygen atoms in total. The number of halogens is 1. The van der Waals surface area contributed by atoms with Gasteiger partial charge in [0, 0.05) is 16.6 Å². The molecule has 0 aliphatic heterocycles. The molecule has 1 N–H and O–H groups in total. The van der Waals surface area contributed by atoms with Gasteiger partial charge in [0.1, 0.15) is 23.2 Å². The van der Waals surface area contributed by atoms with Gasteiger partial charge in [0.25, 0.3) is 5.71 Å². The van der Waals surface area contributed by atoms with Crippen molar-refractivity contribution in [2.45, 2.75) is 39.2 Å². The first-order valence-electron chi connectivity index (χ1n) is 8.76. The van der Waals surface area contributed by atoms with Crippen LogP contribution < -0.4 is 5.32 Å². The number of nitrogens with zero attached hydrogens (tertiary/aromatic N) is 3. The van der Waals surface area contributed by atoms with Crippen LogP contribution in [0.3, 0.4) is 0 Å². The first kappa shape index (κ1) is 16.3. The quantitative estimate of drug-likeness (QED) is 0.700. The Morgan fingerprint density at radius 1 is 1.12 bits per heavy atom. The highest BCUT2D eigenvalue weighted by atomic mass is 35.5. The Kier molecular flexibility index (Phi) is 4.34. The zero-order chi connectivity index (χ0) is 17.4. The molecule has 1 aliphatic rings. The topological polar surface area (TPSA) is 63.8 Å². The summed E-state index contributed by atoms with van der Waals surface area (Å²) in [6.07, 6.45) is 5.21. The molecule has 1 aromatic carbocycles. The summed E-state index contributed by atoms with van der Waals surface area (Å²) in [5.41, 5.74) is 2.18. The van der Waals surface area contributed by atoms with Crippen LogP contribution in [0.4, 0.5) is 5.82 Å². The predicted octanol–water partition coefficient (Wildman–Crippen LogP) is 5.17. The Hall–Kier alpha value is -2.14. The summed E-state index contributed by atoms with van der Waals surface area (Å²) in [7, 11) is 0. The maximum absolute atomic E-state index is 6.00. The lowest BCUT2D eigenvalue weighted by Crippen LogP contribution is -2.35. The van der Waals surface area contributed by atoms with E-state index in [-0.39, 0.29) is 0 Å². The zero-order valence-electron chi connectivity index (χ0n) is 14.4. The standard InChI is InChI=1S/C19H21ClN4O/c1-11-4-3-5-15(12(11)2)23-18-16-17(13-6-8-14(20)9-7-13)24-25-19(16)22-10-21-18/h6-12,15H,3-5H2,1-2H3,(H,21,22,23)/t11-,12-,15-/m1/s1. The van der Waals surface area contributed by atoms with E-state index in [1.165, 1.54) is 19.2 Å². The smallest absolute Gasteiger partial charge is 0.263 e. The summed E-state index contributed by atoms with van der Waals surface area (Å²) in [4.78, 5) is 8.71. The summed E-state index contributed by atoms with van der Waals surface area (Å²) in [5, 5.41) is 9.38. The molecule has 3 atom stereocenters. The highest BCUT2D eigenvalue weighted by Crippen LogP contribution is 2.35. The molecule has 4 rings (SSSR count). The van der Waals surface area contributed by atoms with Crippen LogP contribution in [0.15, 0.2) is 35.1 Å². The van der Waals surface area contributed by atoms with Crippen molar-refractivity contribution >= 4 is 28.5 Å². The molecule has 1 fully saturated rings. The Bertz CT molecular complexity index is 877. The summed E-state index contributed by atoms with van der Waals surface area (Å²) in [5.74, 6) is 2.10. The van der Waals surface area contributed by atoms with E-state index in [9.17, 15) is 0 Å². The van der Waals surface area contributed by atoms with Crippen molar-refractivity contribution in [1.82, 2.24) is 15.1 Å². The van der Waals surface area contributed by atoms with Crippen LogP contribution >= 0.6 is 11.6 Å². The van der Waals surface area contributed by atoms with E-state index in [1.54, 1.807) is 0 Å². The van der Waals surface area contributed by atoms with Gasteiger partial charge in [0.05, 0.1) is 0 Å². The first-order chi connectivity index (χ1) is 12.1. The second kappa shape index (κ2) is 6.64. The van der Waals surface area contributed by atoms with Gasteiger partial charge in [0.2, 0.25) is 0 Å². The minimum Gasteiger partial charge on any atom is -0.366 e. The lowest BCUT2D eigenvalue weighted by Gasteiger charge is -2.35. The van der Waals surface area contributed by atoms with Crippen molar-refractivity contribution in [2.75, 3.05) is 5.32 Å². The van der Waals surface area contributed by atoms with Gasteiger partial charge in [-0.3, -0.25) is 0 Å². The summed E-state index contributed by atoms with van der Waals surface area (Å²) < 4.78 is 5.44. The molecule has 1 saturated carbocycles. The summed E-state index contributed by atoms with van der Waals surface area (Å²) >= 11 is 6.00. The monoisotopic (exact) mass is 356 g/mol. The van der Waals surface area contributed by atoms with Gasteiger partial charge < -0.3 is 9.84 Å². The maximum Gasteiger partial charge on any atom is 0.263 e. The van der Waals surface area contributed by atoms with Gasteiger partial charge >= 0.3 is 0 Å². The van der Waals surface area contributed by atoms with Crippen molar-refractivity contribution < 1.29 is 4.52 Å². The second-order valence-electron chi connectivity index (χ2n) is 6.96. The minimum atomic E-state index is 0.398. The molecule has 6 heteroatoms. The molecular formula is C19H21ClN4O. The van der Waals surface area contributed by atoms with E-state index in [2.05, 4.69) is 34.3 Å². The van der Waals surface area contributed by atoms with Crippen LogP contribution in [-0.2, 0) is 0 Å². The molecule has 0 unspecified atom stereocenters. The third-order valence-corrected chi connectivity index (χ3v) is 5.67. The molecule has 2 aromatic heterocycles. The van der Waals surface area contributed by atoms with E-state index < -0.39 is 0 Å². The SMILES string of the molecule is C[C@@H]1[C@H](C)CCC[C@H]1Nc1ncnc2onc(-c3ccc(Cl)cc3)c12. The molecular weight excluding hydrogens is 336 g/mol. The van der Waals surface area contributed by atoms with Crippen LogP contribution in [0, 0.1) is 11.8 Å². The number of nitrogens with one attached hydrogen (secondary N) is 1. The van der Waals surface area contributed by atoms with Crippen molar-refractivity contribution in [3.63, 3.8) is 0 Å².